The molecule has 6 nitrogen and oxygen atoms in total. The molecule has 0 aliphatic carbocycles. The lowest BCUT2D eigenvalue weighted by Gasteiger charge is -2.32. The number of piperidine rings is 1. The van der Waals surface area contributed by atoms with E-state index in [-0.39, 0.29) is 17.7 Å². The van der Waals surface area contributed by atoms with Crippen LogP contribution in [0.15, 0.2) is 0 Å². The molecule has 0 aromatic carbocycles. The van der Waals surface area contributed by atoms with Crippen molar-refractivity contribution in [1.82, 2.24) is 14.9 Å². The van der Waals surface area contributed by atoms with Gasteiger partial charge in [-0.15, -0.1) is 0 Å². The van der Waals surface area contributed by atoms with E-state index in [0.29, 0.717) is 44.8 Å². The van der Waals surface area contributed by atoms with E-state index in [0.717, 1.165) is 19.4 Å². The van der Waals surface area contributed by atoms with Gasteiger partial charge in [0.05, 0.1) is 5.75 Å². The van der Waals surface area contributed by atoms with Crippen molar-refractivity contribution in [2.24, 2.45) is 0 Å². The molecule has 1 atom stereocenters. The minimum atomic E-state index is -3.15. The minimum absolute atomic E-state index is 0.0183. The summed E-state index contributed by atoms with van der Waals surface area (Å²) in [6.07, 6.45) is 4.87. The Morgan fingerprint density at radius 1 is 1.29 bits per heavy atom. The molecule has 0 radical (unpaired) electrons. The Hall–Kier alpha value is -0.660. The molecule has 2 N–H and O–H groups in total. The maximum atomic E-state index is 12.2. The zero-order valence-corrected chi connectivity index (χ0v) is 13.6. The molecule has 21 heavy (non-hydrogen) atoms. The largest absolute Gasteiger partial charge is 0.343 e. The maximum Gasteiger partial charge on any atom is 0.224 e. The second-order valence-electron chi connectivity index (χ2n) is 6.09. The number of hydrogen-bond acceptors (Lipinski definition) is 4. The summed E-state index contributed by atoms with van der Waals surface area (Å²) >= 11 is 0. The molecule has 2 rings (SSSR count). The fraction of sp³-hybridized carbons (Fsp3) is 0.929. The Balaban J connectivity index is 1.73. The van der Waals surface area contributed by atoms with Crippen LogP contribution in [0.25, 0.3) is 0 Å². The number of nitrogens with zero attached hydrogens (tertiary/aromatic N) is 1. The molecular weight excluding hydrogens is 290 g/mol. The molecule has 1 unspecified atom stereocenters. The van der Waals surface area contributed by atoms with Crippen LogP contribution in [0, 0.1) is 0 Å². The zero-order valence-electron chi connectivity index (χ0n) is 12.8. The van der Waals surface area contributed by atoms with Gasteiger partial charge in [0.25, 0.3) is 0 Å². The van der Waals surface area contributed by atoms with Gasteiger partial charge in [-0.05, 0) is 38.6 Å². The molecule has 122 valence electrons. The van der Waals surface area contributed by atoms with Crippen molar-refractivity contribution < 1.29 is 13.2 Å². The summed E-state index contributed by atoms with van der Waals surface area (Å²) in [7, 11) is -3.15. The molecule has 0 aromatic heterocycles. The first-order chi connectivity index (χ1) is 10.00. The summed E-state index contributed by atoms with van der Waals surface area (Å²) in [4.78, 5) is 14.1. The molecule has 2 fully saturated rings. The Bertz CT molecular complexity index is 438. The van der Waals surface area contributed by atoms with Crippen molar-refractivity contribution in [3.63, 3.8) is 0 Å². The van der Waals surface area contributed by atoms with E-state index in [9.17, 15) is 13.2 Å². The highest BCUT2D eigenvalue weighted by Gasteiger charge is 2.27. The van der Waals surface area contributed by atoms with Crippen LogP contribution in [-0.4, -0.2) is 56.7 Å². The highest BCUT2D eigenvalue weighted by Crippen LogP contribution is 2.15. The lowest BCUT2D eigenvalue weighted by atomic mass is 10.0. The van der Waals surface area contributed by atoms with Gasteiger partial charge >= 0.3 is 0 Å². The van der Waals surface area contributed by atoms with Gasteiger partial charge in [0.15, 0.2) is 0 Å². The number of rotatable bonds is 6. The van der Waals surface area contributed by atoms with Crippen molar-refractivity contribution in [3.8, 4) is 0 Å². The normalized spacial score (nSPS) is 24.4. The number of hydrogen-bond donors (Lipinski definition) is 2. The van der Waals surface area contributed by atoms with Crippen LogP contribution in [0.3, 0.4) is 0 Å². The van der Waals surface area contributed by atoms with Gasteiger partial charge in [0.1, 0.15) is 0 Å². The SMILES string of the molecule is CCCS(=O)(=O)NC1CCN(C(=O)CC2CCCN2)CC1. The predicted octanol–water partition coefficient (Wildman–Crippen LogP) is 0.449. The van der Waals surface area contributed by atoms with Crippen molar-refractivity contribution in [3.05, 3.63) is 0 Å². The first kappa shape index (κ1) is 16.7. The average molecular weight is 317 g/mol. The lowest BCUT2D eigenvalue weighted by Crippen LogP contribution is -2.47. The van der Waals surface area contributed by atoms with Gasteiger partial charge in [-0.1, -0.05) is 6.92 Å². The molecule has 7 heteroatoms. The summed E-state index contributed by atoms with van der Waals surface area (Å²) < 4.78 is 26.2. The van der Waals surface area contributed by atoms with E-state index < -0.39 is 10.0 Å². The highest BCUT2D eigenvalue weighted by molar-refractivity contribution is 7.89. The summed E-state index contributed by atoms with van der Waals surface area (Å²) in [5.41, 5.74) is 0. The van der Waals surface area contributed by atoms with Crippen molar-refractivity contribution in [2.45, 2.75) is 57.5 Å². The van der Waals surface area contributed by atoms with E-state index in [1.54, 1.807) is 0 Å². The van der Waals surface area contributed by atoms with Gasteiger partial charge in [0.2, 0.25) is 15.9 Å². The topological polar surface area (TPSA) is 78.5 Å². The fourth-order valence-corrected chi connectivity index (χ4v) is 4.50. The Morgan fingerprint density at radius 2 is 2.00 bits per heavy atom. The smallest absolute Gasteiger partial charge is 0.224 e. The van der Waals surface area contributed by atoms with Gasteiger partial charge < -0.3 is 10.2 Å². The van der Waals surface area contributed by atoms with Crippen molar-refractivity contribution in [1.29, 1.82) is 0 Å². The van der Waals surface area contributed by atoms with Crippen LogP contribution in [0.4, 0.5) is 0 Å². The molecular formula is C14H27N3O3S. The predicted molar refractivity (Wildman–Crippen MR) is 82.5 cm³/mol. The summed E-state index contributed by atoms with van der Waals surface area (Å²) in [6, 6.07) is 0.313. The molecule has 0 spiro atoms. The molecule has 0 saturated carbocycles. The molecule has 2 saturated heterocycles. The van der Waals surface area contributed by atoms with Gasteiger partial charge in [0, 0.05) is 31.6 Å². The third kappa shape index (κ3) is 5.23. The number of amides is 1. The number of nitrogens with one attached hydrogen (secondary N) is 2. The van der Waals surface area contributed by atoms with E-state index in [2.05, 4.69) is 10.0 Å². The third-order valence-corrected chi connectivity index (χ3v) is 5.89. The highest BCUT2D eigenvalue weighted by atomic mass is 32.2. The van der Waals surface area contributed by atoms with E-state index in [4.69, 9.17) is 0 Å². The Morgan fingerprint density at radius 3 is 2.57 bits per heavy atom. The number of carbonyl (C=O) groups excluding carboxylic acids is 1. The van der Waals surface area contributed by atoms with Gasteiger partial charge in [-0.25, -0.2) is 13.1 Å². The van der Waals surface area contributed by atoms with Crippen LogP contribution in [0.2, 0.25) is 0 Å². The van der Waals surface area contributed by atoms with Crippen LogP contribution < -0.4 is 10.0 Å². The van der Waals surface area contributed by atoms with Crippen LogP contribution in [-0.2, 0) is 14.8 Å². The van der Waals surface area contributed by atoms with Crippen molar-refractivity contribution in [2.75, 3.05) is 25.4 Å². The second kappa shape index (κ2) is 7.56. The first-order valence-corrected chi connectivity index (χ1v) is 9.66. The maximum absolute atomic E-state index is 12.2. The van der Waals surface area contributed by atoms with E-state index in [1.807, 2.05) is 11.8 Å². The first-order valence-electron chi connectivity index (χ1n) is 8.01. The molecule has 1 amide bonds. The quantitative estimate of drug-likeness (QED) is 0.745. The molecule has 2 heterocycles. The molecule has 2 aliphatic rings. The fourth-order valence-electron chi connectivity index (χ4n) is 3.10. The number of carbonyl (C=O) groups is 1. The molecule has 0 aromatic rings. The average Bonchev–Trinajstić information content (AvgIpc) is 2.91. The summed E-state index contributed by atoms with van der Waals surface area (Å²) in [5, 5.41) is 3.34. The van der Waals surface area contributed by atoms with E-state index >= 15 is 0 Å². The standard InChI is InChI=1S/C14H27N3O3S/c1-2-10-21(19,20)16-12-5-8-17(9-6-12)14(18)11-13-4-3-7-15-13/h12-13,15-16H,2-11H2,1H3. The summed E-state index contributed by atoms with van der Waals surface area (Å²) in [5.74, 6) is 0.378. The Labute approximate surface area is 127 Å². The second-order valence-corrected chi connectivity index (χ2v) is 7.96. The monoisotopic (exact) mass is 317 g/mol. The zero-order chi connectivity index (χ0) is 15.3. The van der Waals surface area contributed by atoms with Crippen LogP contribution >= 0.6 is 0 Å². The van der Waals surface area contributed by atoms with Gasteiger partial charge in [-0.3, -0.25) is 4.79 Å². The van der Waals surface area contributed by atoms with E-state index in [1.165, 1.54) is 0 Å². The van der Waals surface area contributed by atoms with Crippen molar-refractivity contribution >= 4 is 15.9 Å². The molecule has 0 bridgehead atoms. The van der Waals surface area contributed by atoms with Gasteiger partial charge in [-0.2, -0.15) is 0 Å². The summed E-state index contributed by atoms with van der Waals surface area (Å²) in [6.45, 7) is 4.19. The van der Waals surface area contributed by atoms with Crippen LogP contribution in [0.5, 0.6) is 0 Å². The third-order valence-electron chi connectivity index (χ3n) is 4.25. The Kier molecular flexibility index (Phi) is 6.01. The minimum Gasteiger partial charge on any atom is -0.343 e. The van der Waals surface area contributed by atoms with Crippen LogP contribution in [0.1, 0.15) is 45.4 Å². The number of sulfonamides is 1. The molecule has 2 aliphatic heterocycles. The number of likely N-dealkylation sites (tertiary alicyclic amines) is 1. The lowest BCUT2D eigenvalue weighted by molar-refractivity contribution is -0.132.